The smallest absolute Gasteiger partial charge is 0.149 e. The van der Waals surface area contributed by atoms with Crippen molar-refractivity contribution in [2.45, 2.75) is 44.9 Å². The third-order valence-electron chi connectivity index (χ3n) is 3.82. The molecule has 0 amide bonds. The molecule has 2 aromatic heterocycles. The lowest BCUT2D eigenvalue weighted by Gasteiger charge is -2.20. The van der Waals surface area contributed by atoms with Crippen molar-refractivity contribution in [1.82, 2.24) is 9.38 Å². The van der Waals surface area contributed by atoms with E-state index in [4.69, 9.17) is 5.73 Å². The molecule has 0 saturated heterocycles. The normalized spacial score (nSPS) is 17.7. The van der Waals surface area contributed by atoms with Gasteiger partial charge in [-0.15, -0.1) is 0 Å². The predicted octanol–water partition coefficient (Wildman–Crippen LogP) is 3.27. The Bertz CT molecular complexity index is 536. The number of nitrogen functional groups attached to an aromatic ring is 1. The van der Waals surface area contributed by atoms with E-state index in [1.54, 1.807) is 0 Å². The largest absolute Gasteiger partial charge is 0.382 e. The Labute approximate surface area is 102 Å². The molecule has 0 aromatic carbocycles. The minimum Gasteiger partial charge on any atom is -0.382 e. The van der Waals surface area contributed by atoms with Gasteiger partial charge in [0.1, 0.15) is 11.6 Å². The van der Waals surface area contributed by atoms with E-state index in [0.717, 1.165) is 11.3 Å². The Hall–Kier alpha value is -1.51. The molecule has 3 nitrogen and oxygen atoms in total. The molecule has 2 aromatic rings. The molecular weight excluding hydrogens is 210 g/mol. The first-order valence-corrected chi connectivity index (χ1v) is 6.50. The molecule has 2 heterocycles. The average molecular weight is 229 g/mol. The summed E-state index contributed by atoms with van der Waals surface area (Å²) in [5.41, 5.74) is 8.32. The second-order valence-electron chi connectivity index (χ2n) is 5.15. The molecule has 0 unspecified atom stereocenters. The van der Waals surface area contributed by atoms with Crippen molar-refractivity contribution < 1.29 is 0 Å². The number of rotatable bonds is 1. The molecule has 1 aliphatic rings. The fraction of sp³-hybridized carbons (Fsp3) is 0.500. The lowest BCUT2D eigenvalue weighted by atomic mass is 9.89. The van der Waals surface area contributed by atoms with Crippen LogP contribution in [0.4, 0.5) is 5.82 Å². The first kappa shape index (κ1) is 10.6. The number of anilines is 1. The molecule has 0 radical (unpaired) electrons. The lowest BCUT2D eigenvalue weighted by molar-refractivity contribution is 0.428. The summed E-state index contributed by atoms with van der Waals surface area (Å²) < 4.78 is 2.18. The van der Waals surface area contributed by atoms with Crippen molar-refractivity contribution in [3.63, 3.8) is 0 Å². The van der Waals surface area contributed by atoms with Gasteiger partial charge in [-0.05, 0) is 37.5 Å². The van der Waals surface area contributed by atoms with Gasteiger partial charge in [-0.1, -0.05) is 19.3 Å². The van der Waals surface area contributed by atoms with Gasteiger partial charge in [0.05, 0.1) is 5.52 Å². The first-order valence-electron chi connectivity index (χ1n) is 6.50. The zero-order chi connectivity index (χ0) is 11.8. The summed E-state index contributed by atoms with van der Waals surface area (Å²) in [5.74, 6) is 2.43. The molecule has 1 saturated carbocycles. The number of nitrogens with zero attached hydrogens (tertiary/aromatic N) is 2. The van der Waals surface area contributed by atoms with E-state index in [2.05, 4.69) is 34.6 Å². The minimum atomic E-state index is 0.594. The fourth-order valence-electron chi connectivity index (χ4n) is 2.89. The summed E-state index contributed by atoms with van der Waals surface area (Å²) in [4.78, 5) is 4.60. The summed E-state index contributed by atoms with van der Waals surface area (Å²) in [5, 5.41) is 0. The van der Waals surface area contributed by atoms with Crippen molar-refractivity contribution in [2.75, 3.05) is 5.73 Å². The monoisotopic (exact) mass is 229 g/mol. The van der Waals surface area contributed by atoms with Crippen LogP contribution in [0.25, 0.3) is 5.52 Å². The summed E-state index contributed by atoms with van der Waals surface area (Å²) in [6.07, 6.45) is 8.64. The topological polar surface area (TPSA) is 43.3 Å². The molecule has 0 aliphatic heterocycles. The SMILES string of the molecule is Cc1ccn2c(C3CCCCC3)nc(N)c2c1. The zero-order valence-electron chi connectivity index (χ0n) is 10.3. The molecule has 17 heavy (non-hydrogen) atoms. The van der Waals surface area contributed by atoms with Crippen molar-refractivity contribution in [2.24, 2.45) is 0 Å². The van der Waals surface area contributed by atoms with E-state index in [1.807, 2.05) is 0 Å². The van der Waals surface area contributed by atoms with Crippen molar-refractivity contribution in [3.05, 3.63) is 29.7 Å². The van der Waals surface area contributed by atoms with Crippen LogP contribution in [0.5, 0.6) is 0 Å². The van der Waals surface area contributed by atoms with Crippen LogP contribution in [0, 0.1) is 6.92 Å². The maximum absolute atomic E-state index is 6.02. The predicted molar refractivity (Wildman–Crippen MR) is 70.2 cm³/mol. The van der Waals surface area contributed by atoms with Crippen LogP contribution in [-0.4, -0.2) is 9.38 Å². The highest BCUT2D eigenvalue weighted by Gasteiger charge is 2.21. The van der Waals surface area contributed by atoms with Gasteiger partial charge in [-0.3, -0.25) is 0 Å². The van der Waals surface area contributed by atoms with Gasteiger partial charge < -0.3 is 10.1 Å². The van der Waals surface area contributed by atoms with Gasteiger partial charge in [-0.25, -0.2) is 4.98 Å². The molecule has 1 aliphatic carbocycles. The van der Waals surface area contributed by atoms with E-state index in [-0.39, 0.29) is 0 Å². The highest BCUT2D eigenvalue weighted by Crippen LogP contribution is 2.33. The van der Waals surface area contributed by atoms with E-state index >= 15 is 0 Å². The van der Waals surface area contributed by atoms with E-state index in [9.17, 15) is 0 Å². The van der Waals surface area contributed by atoms with Gasteiger partial charge in [0.15, 0.2) is 0 Å². The number of aromatic nitrogens is 2. The van der Waals surface area contributed by atoms with Crippen LogP contribution >= 0.6 is 0 Å². The molecule has 1 fully saturated rings. The number of pyridine rings is 1. The number of aryl methyl sites for hydroxylation is 1. The lowest BCUT2D eigenvalue weighted by Crippen LogP contribution is -2.08. The standard InChI is InChI=1S/C14H19N3/c1-10-7-8-17-12(9-10)13(15)16-14(17)11-5-3-2-4-6-11/h7-9,11H,2-6,15H2,1H3. The maximum Gasteiger partial charge on any atom is 0.149 e. The zero-order valence-corrected chi connectivity index (χ0v) is 10.3. The Morgan fingerprint density at radius 1 is 1.29 bits per heavy atom. The fourth-order valence-corrected chi connectivity index (χ4v) is 2.89. The molecule has 0 atom stereocenters. The third kappa shape index (κ3) is 1.79. The Kier molecular flexibility index (Phi) is 2.54. The van der Waals surface area contributed by atoms with Crippen molar-refractivity contribution in [1.29, 1.82) is 0 Å². The summed E-state index contributed by atoms with van der Waals surface area (Å²) >= 11 is 0. The summed E-state index contributed by atoms with van der Waals surface area (Å²) in [7, 11) is 0. The van der Waals surface area contributed by atoms with Gasteiger partial charge in [0.25, 0.3) is 0 Å². The average Bonchev–Trinajstić information content (AvgIpc) is 2.68. The Morgan fingerprint density at radius 2 is 2.06 bits per heavy atom. The Balaban J connectivity index is 2.10. The summed E-state index contributed by atoms with van der Waals surface area (Å²) in [6.45, 7) is 2.09. The van der Waals surface area contributed by atoms with Gasteiger partial charge in [0, 0.05) is 12.1 Å². The Morgan fingerprint density at radius 3 is 2.82 bits per heavy atom. The molecule has 0 spiro atoms. The number of hydrogen-bond donors (Lipinski definition) is 1. The van der Waals surface area contributed by atoms with Crippen LogP contribution < -0.4 is 5.73 Å². The van der Waals surface area contributed by atoms with Crippen molar-refractivity contribution >= 4 is 11.3 Å². The van der Waals surface area contributed by atoms with Crippen molar-refractivity contribution in [3.8, 4) is 0 Å². The molecule has 3 rings (SSSR count). The van der Waals surface area contributed by atoms with Gasteiger partial charge in [-0.2, -0.15) is 0 Å². The van der Waals surface area contributed by atoms with Gasteiger partial charge >= 0.3 is 0 Å². The summed E-state index contributed by atoms with van der Waals surface area (Å²) in [6, 6.07) is 4.25. The number of nitrogens with two attached hydrogens (primary N) is 1. The number of imidazole rings is 1. The van der Waals surface area contributed by atoms with Crippen LogP contribution in [0.15, 0.2) is 18.3 Å². The molecule has 90 valence electrons. The molecular formula is C14H19N3. The maximum atomic E-state index is 6.02. The molecule has 3 heteroatoms. The third-order valence-corrected chi connectivity index (χ3v) is 3.82. The molecule has 0 bridgehead atoms. The van der Waals surface area contributed by atoms with E-state index in [0.29, 0.717) is 11.7 Å². The van der Waals surface area contributed by atoms with Crippen LogP contribution in [0.3, 0.4) is 0 Å². The van der Waals surface area contributed by atoms with E-state index < -0.39 is 0 Å². The quantitative estimate of drug-likeness (QED) is 0.815. The number of hydrogen-bond acceptors (Lipinski definition) is 2. The second-order valence-corrected chi connectivity index (χ2v) is 5.15. The van der Waals surface area contributed by atoms with Crippen LogP contribution in [0.1, 0.15) is 49.4 Å². The van der Waals surface area contributed by atoms with Gasteiger partial charge in [0.2, 0.25) is 0 Å². The van der Waals surface area contributed by atoms with E-state index in [1.165, 1.54) is 37.7 Å². The van der Waals surface area contributed by atoms with Crippen LogP contribution in [-0.2, 0) is 0 Å². The van der Waals surface area contributed by atoms with Crippen LogP contribution in [0.2, 0.25) is 0 Å². The highest BCUT2D eigenvalue weighted by molar-refractivity contribution is 5.67. The molecule has 2 N–H and O–H groups in total. The highest BCUT2D eigenvalue weighted by atomic mass is 15.1. The number of fused-ring (bicyclic) bond motifs is 1. The minimum absolute atomic E-state index is 0.594. The first-order chi connectivity index (χ1) is 8.25. The second kappa shape index (κ2) is 4.06.